The van der Waals surface area contributed by atoms with Crippen LogP contribution in [0.15, 0.2) is 48.5 Å². The molecule has 0 bridgehead atoms. The van der Waals surface area contributed by atoms with Gasteiger partial charge in [0.25, 0.3) is 0 Å². The third kappa shape index (κ3) is 5.02. The third-order valence-corrected chi connectivity index (χ3v) is 6.77. The molecule has 1 atom stereocenters. The Morgan fingerprint density at radius 3 is 2.00 bits per heavy atom. The standard InChI is InChI=1S/C26H32N2O5/c1-4-22(23(29)27-16-26(5-2,6-3)24(30)31)28-25(32)33-15-21-19-13-9-7-11-17(19)18-12-8-10-14-20(18)21/h7-14,21-22H,4-6,15-16H2,1-3H3,(H,27,29)(H,28,32)(H,30,31)/t22-/m0/s1. The summed E-state index contributed by atoms with van der Waals surface area (Å²) in [6.45, 7) is 5.52. The maximum atomic E-state index is 12.6. The first-order valence-electron chi connectivity index (χ1n) is 11.5. The molecule has 0 radical (unpaired) electrons. The van der Waals surface area contributed by atoms with Crippen LogP contribution in [0.4, 0.5) is 4.79 Å². The number of carboxylic acid groups (broad SMARTS) is 1. The van der Waals surface area contributed by atoms with Crippen LogP contribution in [0.3, 0.4) is 0 Å². The number of amides is 2. The summed E-state index contributed by atoms with van der Waals surface area (Å²) in [7, 11) is 0. The van der Waals surface area contributed by atoms with Gasteiger partial charge in [-0.15, -0.1) is 0 Å². The number of rotatable bonds is 10. The molecule has 0 heterocycles. The van der Waals surface area contributed by atoms with Crippen LogP contribution in [0.5, 0.6) is 0 Å². The Labute approximate surface area is 194 Å². The lowest BCUT2D eigenvalue weighted by Crippen LogP contribution is -2.50. The van der Waals surface area contributed by atoms with E-state index in [2.05, 4.69) is 22.8 Å². The second kappa shape index (κ2) is 10.5. The van der Waals surface area contributed by atoms with E-state index < -0.39 is 29.4 Å². The summed E-state index contributed by atoms with van der Waals surface area (Å²) in [6, 6.07) is 15.3. The van der Waals surface area contributed by atoms with Crippen molar-refractivity contribution in [1.29, 1.82) is 0 Å². The number of benzene rings is 2. The molecule has 2 amide bonds. The van der Waals surface area contributed by atoms with Gasteiger partial charge in [0.1, 0.15) is 12.6 Å². The molecule has 0 fully saturated rings. The summed E-state index contributed by atoms with van der Waals surface area (Å²) >= 11 is 0. The van der Waals surface area contributed by atoms with Gasteiger partial charge < -0.3 is 20.5 Å². The first kappa shape index (κ1) is 24.3. The number of fused-ring (bicyclic) bond motifs is 3. The Hall–Kier alpha value is -3.35. The number of carbonyl (C=O) groups excluding carboxylic acids is 2. The van der Waals surface area contributed by atoms with E-state index in [-0.39, 0.29) is 19.1 Å². The molecule has 0 saturated heterocycles. The van der Waals surface area contributed by atoms with Crippen LogP contribution in [0.1, 0.15) is 57.1 Å². The summed E-state index contributed by atoms with van der Waals surface area (Å²) in [5.41, 5.74) is 3.49. The van der Waals surface area contributed by atoms with Crippen LogP contribution in [-0.4, -0.2) is 42.3 Å². The third-order valence-electron chi connectivity index (χ3n) is 6.77. The van der Waals surface area contributed by atoms with Crippen LogP contribution < -0.4 is 10.6 Å². The number of nitrogens with one attached hydrogen (secondary N) is 2. The van der Waals surface area contributed by atoms with Crippen LogP contribution in [0.2, 0.25) is 0 Å². The summed E-state index contributed by atoms with van der Waals surface area (Å²) in [5.74, 6) is -1.42. The van der Waals surface area contributed by atoms with E-state index in [1.165, 1.54) is 0 Å². The highest BCUT2D eigenvalue weighted by Crippen LogP contribution is 2.44. The predicted molar refractivity (Wildman–Crippen MR) is 126 cm³/mol. The first-order chi connectivity index (χ1) is 15.9. The molecular weight excluding hydrogens is 420 g/mol. The number of hydrogen-bond acceptors (Lipinski definition) is 4. The molecule has 7 nitrogen and oxygen atoms in total. The fraction of sp³-hybridized carbons (Fsp3) is 0.423. The molecule has 1 aliphatic rings. The predicted octanol–water partition coefficient (Wildman–Crippen LogP) is 4.31. The highest BCUT2D eigenvalue weighted by molar-refractivity contribution is 5.86. The van der Waals surface area contributed by atoms with Crippen molar-refractivity contribution in [2.24, 2.45) is 5.41 Å². The Balaban J connectivity index is 1.60. The first-order valence-corrected chi connectivity index (χ1v) is 11.5. The number of alkyl carbamates (subject to hydrolysis) is 1. The minimum absolute atomic E-state index is 0.0109. The average molecular weight is 453 g/mol. The highest BCUT2D eigenvalue weighted by atomic mass is 16.5. The number of carboxylic acids is 1. The van der Waals surface area contributed by atoms with Crippen LogP contribution in [0, 0.1) is 5.41 Å². The van der Waals surface area contributed by atoms with Gasteiger partial charge in [-0.1, -0.05) is 69.3 Å². The van der Waals surface area contributed by atoms with Crippen molar-refractivity contribution in [3.05, 3.63) is 59.7 Å². The molecular formula is C26H32N2O5. The van der Waals surface area contributed by atoms with E-state index >= 15 is 0 Å². The van der Waals surface area contributed by atoms with Gasteiger partial charge in [0, 0.05) is 12.5 Å². The van der Waals surface area contributed by atoms with Crippen molar-refractivity contribution in [1.82, 2.24) is 10.6 Å². The van der Waals surface area contributed by atoms with Gasteiger partial charge in [-0.05, 0) is 41.5 Å². The fourth-order valence-electron chi connectivity index (χ4n) is 4.39. The normalized spacial score (nSPS) is 13.5. The minimum Gasteiger partial charge on any atom is -0.481 e. The summed E-state index contributed by atoms with van der Waals surface area (Å²) in [6.07, 6.45) is 0.481. The molecule has 176 valence electrons. The molecule has 0 saturated carbocycles. The van der Waals surface area contributed by atoms with Gasteiger partial charge in [-0.3, -0.25) is 9.59 Å². The number of ether oxygens (including phenoxy) is 1. The van der Waals surface area contributed by atoms with E-state index in [1.54, 1.807) is 20.8 Å². The van der Waals surface area contributed by atoms with Crippen molar-refractivity contribution >= 4 is 18.0 Å². The zero-order chi connectivity index (χ0) is 24.0. The Bertz CT molecular complexity index is 970. The topological polar surface area (TPSA) is 105 Å². The molecule has 0 aromatic heterocycles. The number of carbonyl (C=O) groups is 3. The van der Waals surface area contributed by atoms with Crippen molar-refractivity contribution in [3.8, 4) is 11.1 Å². The molecule has 0 spiro atoms. The number of hydrogen-bond donors (Lipinski definition) is 3. The molecule has 3 N–H and O–H groups in total. The lowest BCUT2D eigenvalue weighted by Gasteiger charge is -2.28. The zero-order valence-electron chi connectivity index (χ0n) is 19.4. The van der Waals surface area contributed by atoms with E-state index in [0.717, 1.165) is 22.3 Å². The lowest BCUT2D eigenvalue weighted by atomic mass is 9.82. The van der Waals surface area contributed by atoms with Crippen molar-refractivity contribution in [2.45, 2.75) is 52.0 Å². The van der Waals surface area contributed by atoms with Crippen LogP contribution >= 0.6 is 0 Å². The summed E-state index contributed by atoms with van der Waals surface area (Å²) in [4.78, 5) is 36.8. The van der Waals surface area contributed by atoms with Gasteiger partial charge in [0.15, 0.2) is 0 Å². The SMILES string of the molecule is CC[C@H](NC(=O)OCC1c2ccccc2-c2ccccc21)C(=O)NCC(CC)(CC)C(=O)O. The molecule has 1 aliphatic carbocycles. The van der Waals surface area contributed by atoms with Crippen molar-refractivity contribution < 1.29 is 24.2 Å². The van der Waals surface area contributed by atoms with Crippen molar-refractivity contribution in [2.75, 3.05) is 13.2 Å². The van der Waals surface area contributed by atoms with Gasteiger partial charge in [-0.2, -0.15) is 0 Å². The maximum absolute atomic E-state index is 12.6. The second-order valence-corrected chi connectivity index (χ2v) is 8.44. The number of aliphatic carboxylic acids is 1. The molecule has 3 rings (SSSR count). The van der Waals surface area contributed by atoms with Crippen LogP contribution in [-0.2, 0) is 14.3 Å². The maximum Gasteiger partial charge on any atom is 0.407 e. The fourth-order valence-corrected chi connectivity index (χ4v) is 4.39. The van der Waals surface area contributed by atoms with Gasteiger partial charge in [0.2, 0.25) is 5.91 Å². The monoisotopic (exact) mass is 452 g/mol. The van der Waals surface area contributed by atoms with E-state index in [1.807, 2.05) is 36.4 Å². The largest absolute Gasteiger partial charge is 0.481 e. The smallest absolute Gasteiger partial charge is 0.407 e. The van der Waals surface area contributed by atoms with E-state index in [0.29, 0.717) is 19.3 Å². The summed E-state index contributed by atoms with van der Waals surface area (Å²) < 4.78 is 5.52. The Morgan fingerprint density at radius 1 is 0.970 bits per heavy atom. The zero-order valence-corrected chi connectivity index (χ0v) is 19.4. The lowest BCUT2D eigenvalue weighted by molar-refractivity contribution is -0.149. The average Bonchev–Trinajstić information content (AvgIpc) is 3.15. The second-order valence-electron chi connectivity index (χ2n) is 8.44. The molecule has 33 heavy (non-hydrogen) atoms. The Kier molecular flexibility index (Phi) is 7.74. The molecule has 0 unspecified atom stereocenters. The highest BCUT2D eigenvalue weighted by Gasteiger charge is 2.36. The van der Waals surface area contributed by atoms with Crippen molar-refractivity contribution in [3.63, 3.8) is 0 Å². The quantitative estimate of drug-likeness (QED) is 0.498. The molecule has 2 aromatic carbocycles. The summed E-state index contributed by atoms with van der Waals surface area (Å²) in [5, 5.41) is 14.9. The Morgan fingerprint density at radius 2 is 1.52 bits per heavy atom. The van der Waals surface area contributed by atoms with Gasteiger partial charge >= 0.3 is 12.1 Å². The van der Waals surface area contributed by atoms with E-state index in [4.69, 9.17) is 4.74 Å². The van der Waals surface area contributed by atoms with Gasteiger partial charge in [0.05, 0.1) is 5.41 Å². The van der Waals surface area contributed by atoms with Gasteiger partial charge in [-0.25, -0.2) is 4.79 Å². The van der Waals surface area contributed by atoms with E-state index in [9.17, 15) is 19.5 Å². The van der Waals surface area contributed by atoms with Crippen LogP contribution in [0.25, 0.3) is 11.1 Å². The molecule has 2 aromatic rings. The minimum atomic E-state index is -1.02. The molecule has 7 heteroatoms. The molecule has 0 aliphatic heterocycles.